The molecule has 0 saturated heterocycles. The van der Waals surface area contributed by atoms with Crippen molar-refractivity contribution in [3.63, 3.8) is 0 Å². The van der Waals surface area contributed by atoms with Crippen molar-refractivity contribution < 1.29 is 9.90 Å². The summed E-state index contributed by atoms with van der Waals surface area (Å²) in [5.74, 6) is -0.736. The van der Waals surface area contributed by atoms with E-state index in [4.69, 9.17) is 5.11 Å². The average molecular weight is 211 g/mol. The first kappa shape index (κ1) is 11.7. The van der Waals surface area contributed by atoms with Crippen molar-refractivity contribution in [2.75, 3.05) is 0 Å². The van der Waals surface area contributed by atoms with Crippen LogP contribution in [0.4, 0.5) is 0 Å². The van der Waals surface area contributed by atoms with Gasteiger partial charge in [-0.25, -0.2) is 0 Å². The summed E-state index contributed by atoms with van der Waals surface area (Å²) in [6.07, 6.45) is 5.72. The molecule has 0 aliphatic rings. The van der Waals surface area contributed by atoms with Crippen molar-refractivity contribution in [2.45, 2.75) is 45.6 Å². The highest BCUT2D eigenvalue weighted by atomic mass is 16.4. The molecule has 0 unspecified atom stereocenters. The topological polar surface area (TPSA) is 68.0 Å². The van der Waals surface area contributed by atoms with Crippen LogP contribution in [0.5, 0.6) is 0 Å². The number of hydrogen-bond acceptors (Lipinski definition) is 3. The number of carbonyl (C=O) groups is 1. The number of nitrogens with zero attached hydrogens (tertiary/aromatic N) is 3. The van der Waals surface area contributed by atoms with Crippen LogP contribution >= 0.6 is 0 Å². The van der Waals surface area contributed by atoms with Crippen LogP contribution in [0, 0.1) is 0 Å². The number of rotatable bonds is 7. The summed E-state index contributed by atoms with van der Waals surface area (Å²) in [4.78, 5) is 10.3. The molecule has 1 aromatic rings. The van der Waals surface area contributed by atoms with Gasteiger partial charge in [-0.1, -0.05) is 18.6 Å². The zero-order chi connectivity index (χ0) is 11.1. The molecule has 1 rings (SSSR count). The van der Waals surface area contributed by atoms with E-state index in [1.54, 1.807) is 4.68 Å². The summed E-state index contributed by atoms with van der Waals surface area (Å²) in [5, 5.41) is 16.4. The maximum atomic E-state index is 10.3. The van der Waals surface area contributed by atoms with Gasteiger partial charge in [0.05, 0.1) is 5.69 Å². The lowest BCUT2D eigenvalue weighted by molar-refractivity contribution is -0.137. The molecule has 5 nitrogen and oxygen atoms in total. The molecule has 0 aromatic carbocycles. The summed E-state index contributed by atoms with van der Waals surface area (Å²) >= 11 is 0. The lowest BCUT2D eigenvalue weighted by Crippen LogP contribution is -2.00. The van der Waals surface area contributed by atoms with Gasteiger partial charge in [0.25, 0.3) is 0 Å². The first-order valence-electron chi connectivity index (χ1n) is 5.33. The average Bonchev–Trinajstić information content (AvgIpc) is 2.61. The zero-order valence-corrected chi connectivity index (χ0v) is 9.02. The SMILES string of the molecule is CCCc1cn(CCCCC(=O)O)nn1. The van der Waals surface area contributed by atoms with Gasteiger partial charge < -0.3 is 5.11 Å². The number of unbranched alkanes of at least 4 members (excludes halogenated alkanes) is 1. The first-order valence-corrected chi connectivity index (χ1v) is 5.33. The smallest absolute Gasteiger partial charge is 0.303 e. The van der Waals surface area contributed by atoms with Crippen LogP contribution in [0.3, 0.4) is 0 Å². The molecule has 0 aliphatic heterocycles. The summed E-state index contributed by atoms with van der Waals surface area (Å²) in [5.41, 5.74) is 1.01. The molecule has 0 radical (unpaired) electrons. The van der Waals surface area contributed by atoms with E-state index in [9.17, 15) is 4.79 Å². The number of aliphatic carboxylic acids is 1. The zero-order valence-electron chi connectivity index (χ0n) is 9.02. The molecule has 0 fully saturated rings. The molecule has 15 heavy (non-hydrogen) atoms. The molecule has 0 bridgehead atoms. The quantitative estimate of drug-likeness (QED) is 0.694. The van der Waals surface area contributed by atoms with Crippen molar-refractivity contribution >= 4 is 5.97 Å². The Labute approximate surface area is 89.1 Å². The summed E-state index contributed by atoms with van der Waals surface area (Å²) in [6, 6.07) is 0. The maximum Gasteiger partial charge on any atom is 0.303 e. The van der Waals surface area contributed by atoms with Crippen molar-refractivity contribution in [1.29, 1.82) is 0 Å². The normalized spacial score (nSPS) is 10.5. The van der Waals surface area contributed by atoms with Gasteiger partial charge >= 0.3 is 5.97 Å². The fourth-order valence-corrected chi connectivity index (χ4v) is 1.37. The standard InChI is InChI=1S/C10H17N3O2/c1-2-5-9-8-13(12-11-9)7-4-3-6-10(14)15/h8H,2-7H2,1H3,(H,14,15). The number of aromatic nitrogens is 3. The Balaban J connectivity index is 2.22. The summed E-state index contributed by atoms with van der Waals surface area (Å²) in [6.45, 7) is 2.86. The molecule has 0 spiro atoms. The minimum atomic E-state index is -0.736. The second-order valence-corrected chi connectivity index (χ2v) is 3.57. The van der Waals surface area contributed by atoms with Gasteiger partial charge in [-0.05, 0) is 19.3 Å². The minimum Gasteiger partial charge on any atom is -0.481 e. The highest BCUT2D eigenvalue weighted by Crippen LogP contribution is 2.01. The minimum absolute atomic E-state index is 0.233. The third-order valence-electron chi connectivity index (χ3n) is 2.12. The predicted octanol–water partition coefficient (Wildman–Crippen LogP) is 1.49. The Morgan fingerprint density at radius 1 is 1.53 bits per heavy atom. The van der Waals surface area contributed by atoms with Crippen LogP contribution in [0.15, 0.2) is 6.20 Å². The fraction of sp³-hybridized carbons (Fsp3) is 0.700. The second kappa shape index (κ2) is 6.16. The maximum absolute atomic E-state index is 10.3. The molecule has 0 atom stereocenters. The largest absolute Gasteiger partial charge is 0.481 e. The van der Waals surface area contributed by atoms with E-state index in [1.165, 1.54) is 0 Å². The molecule has 0 aliphatic carbocycles. The first-order chi connectivity index (χ1) is 7.22. The van der Waals surface area contributed by atoms with E-state index in [-0.39, 0.29) is 6.42 Å². The Morgan fingerprint density at radius 3 is 3.00 bits per heavy atom. The van der Waals surface area contributed by atoms with Gasteiger partial charge in [0.1, 0.15) is 0 Å². The van der Waals surface area contributed by atoms with Crippen LogP contribution in [0.25, 0.3) is 0 Å². The van der Waals surface area contributed by atoms with Gasteiger partial charge in [0.15, 0.2) is 0 Å². The molecular weight excluding hydrogens is 194 g/mol. The lowest BCUT2D eigenvalue weighted by Gasteiger charge is -1.97. The van der Waals surface area contributed by atoms with E-state index in [0.717, 1.165) is 31.5 Å². The molecule has 0 saturated carbocycles. The number of carboxylic acid groups (broad SMARTS) is 1. The van der Waals surface area contributed by atoms with E-state index >= 15 is 0 Å². The number of aryl methyl sites for hydroxylation is 2. The third kappa shape index (κ3) is 4.58. The van der Waals surface area contributed by atoms with Crippen LogP contribution < -0.4 is 0 Å². The lowest BCUT2D eigenvalue weighted by atomic mass is 10.2. The number of carboxylic acids is 1. The molecule has 5 heteroatoms. The van der Waals surface area contributed by atoms with Crippen molar-refractivity contribution in [1.82, 2.24) is 15.0 Å². The molecule has 1 heterocycles. The Kier molecular flexibility index (Phi) is 4.80. The van der Waals surface area contributed by atoms with Gasteiger partial charge in [-0.15, -0.1) is 5.10 Å². The van der Waals surface area contributed by atoms with E-state index in [1.807, 2.05) is 6.20 Å². The predicted molar refractivity (Wildman–Crippen MR) is 55.5 cm³/mol. The molecule has 1 aromatic heterocycles. The molecular formula is C10H17N3O2. The van der Waals surface area contributed by atoms with Gasteiger partial charge in [-0.2, -0.15) is 0 Å². The summed E-state index contributed by atoms with van der Waals surface area (Å²) < 4.78 is 1.78. The Bertz CT molecular complexity index is 309. The molecule has 84 valence electrons. The highest BCUT2D eigenvalue weighted by molar-refractivity contribution is 5.66. The van der Waals surface area contributed by atoms with Gasteiger partial charge in [0, 0.05) is 19.2 Å². The summed E-state index contributed by atoms with van der Waals surface area (Å²) in [7, 11) is 0. The van der Waals surface area contributed by atoms with Crippen molar-refractivity contribution in [3.8, 4) is 0 Å². The van der Waals surface area contributed by atoms with Crippen LogP contribution in [0.1, 0.15) is 38.3 Å². The second-order valence-electron chi connectivity index (χ2n) is 3.57. The van der Waals surface area contributed by atoms with Gasteiger partial charge in [0.2, 0.25) is 0 Å². The highest BCUT2D eigenvalue weighted by Gasteiger charge is 2.00. The monoisotopic (exact) mass is 211 g/mol. The van der Waals surface area contributed by atoms with Crippen LogP contribution in [-0.4, -0.2) is 26.1 Å². The van der Waals surface area contributed by atoms with Crippen LogP contribution in [-0.2, 0) is 17.8 Å². The Hall–Kier alpha value is -1.39. The Morgan fingerprint density at radius 2 is 2.33 bits per heavy atom. The van der Waals surface area contributed by atoms with E-state index in [0.29, 0.717) is 6.42 Å². The van der Waals surface area contributed by atoms with Crippen molar-refractivity contribution in [2.24, 2.45) is 0 Å². The van der Waals surface area contributed by atoms with Crippen LogP contribution in [0.2, 0.25) is 0 Å². The number of hydrogen-bond donors (Lipinski definition) is 1. The third-order valence-corrected chi connectivity index (χ3v) is 2.12. The van der Waals surface area contributed by atoms with E-state index in [2.05, 4.69) is 17.2 Å². The van der Waals surface area contributed by atoms with Gasteiger partial charge in [-0.3, -0.25) is 9.48 Å². The molecule has 1 N–H and O–H groups in total. The van der Waals surface area contributed by atoms with Crippen molar-refractivity contribution in [3.05, 3.63) is 11.9 Å². The van der Waals surface area contributed by atoms with E-state index < -0.39 is 5.97 Å². The fourth-order valence-electron chi connectivity index (χ4n) is 1.37. The molecule has 0 amide bonds.